The Hall–Kier alpha value is -10.2. The maximum Gasteiger partial charge on any atom is 0.410 e. The topological polar surface area (TPSA) is 226 Å². The van der Waals surface area contributed by atoms with Crippen LogP contribution < -0.4 is 5.32 Å². The van der Waals surface area contributed by atoms with Gasteiger partial charge in [0.2, 0.25) is 17.8 Å². The zero-order valence-corrected chi connectivity index (χ0v) is 81.9. The highest BCUT2D eigenvalue weighted by atomic mass is 28.4. The molecule has 4 amide bonds. The molecule has 6 aromatic carbocycles. The van der Waals surface area contributed by atoms with Crippen molar-refractivity contribution in [3.05, 3.63) is 302 Å². The molecule has 2 saturated heterocycles. The second-order valence-electron chi connectivity index (χ2n) is 39.8. The fourth-order valence-electron chi connectivity index (χ4n) is 16.2. The number of likely N-dealkylation sites (tertiary alicyclic amines) is 2. The SMILES string of the molecule is C.CC(C)(C)OC(=O)N1[C@H](Cc2ccc(C(=O)O)cc2)CC[C@@H]1[C@H](O[Si](C)(C)C(C)(C)C)c1ccccc1.CNCc1cnc(F)c(C)c1.Cc1cc(CN(C)C(=O)c2ccc(C[C@@H]3CC[C@H]([C@H](O)c4ccccc4)C3)cc2)cnc1F.Cc1cc(CN(C)C(=O)c2ccc(C[C@@H]3CC[C@H]([C@H](O[Si](C)(C)C(C)(C)C)c4ccccc4)N3C(=O)OC(C)(C)C)cc2)cnc1F.[B]. The summed E-state index contributed by atoms with van der Waals surface area (Å²) in [5.74, 6) is -1.68. The van der Waals surface area contributed by atoms with E-state index in [-0.39, 0.29) is 97.8 Å². The summed E-state index contributed by atoms with van der Waals surface area (Å²) in [6.45, 7) is 40.2. The number of carboxylic acid groups (broad SMARTS) is 1. The van der Waals surface area contributed by atoms with Crippen molar-refractivity contribution in [2.75, 3.05) is 21.1 Å². The summed E-state index contributed by atoms with van der Waals surface area (Å²) in [5, 5.41) is 23.0. The van der Waals surface area contributed by atoms with Gasteiger partial charge in [0.25, 0.3) is 11.8 Å². The Kier molecular flexibility index (Phi) is 38.5. The van der Waals surface area contributed by atoms with Crippen LogP contribution in [0, 0.1) is 50.5 Å². The molecule has 0 bridgehead atoms. The van der Waals surface area contributed by atoms with Gasteiger partial charge in [-0.1, -0.05) is 176 Å². The molecular weight excluding hydrogens is 1670 g/mol. The maximum atomic E-state index is 14.0. The summed E-state index contributed by atoms with van der Waals surface area (Å²) in [6.07, 6.45) is 11.4. The Bertz CT molecular complexity index is 5140. The molecule has 9 aromatic rings. The molecule has 130 heavy (non-hydrogen) atoms. The minimum atomic E-state index is -2.22. The average Bonchev–Trinajstić information content (AvgIpc) is 1.59. The molecule has 5 heterocycles. The zero-order chi connectivity index (χ0) is 94.0. The number of carbonyl (C=O) groups excluding carboxylic acids is 4. The van der Waals surface area contributed by atoms with Gasteiger partial charge in [-0.25, -0.2) is 29.3 Å². The minimum Gasteiger partial charge on any atom is -0.478 e. The summed E-state index contributed by atoms with van der Waals surface area (Å²) in [7, 11) is 0.917. The first-order chi connectivity index (χ1) is 60.1. The number of aryl methyl sites for hydroxylation is 3. The van der Waals surface area contributed by atoms with Crippen molar-refractivity contribution in [3.8, 4) is 0 Å². The summed E-state index contributed by atoms with van der Waals surface area (Å²) in [4.78, 5) is 83.1. The lowest BCUT2D eigenvalue weighted by Crippen LogP contribution is -2.50. The third kappa shape index (κ3) is 30.2. The van der Waals surface area contributed by atoms with Gasteiger partial charge in [0.1, 0.15) is 11.2 Å². The summed E-state index contributed by atoms with van der Waals surface area (Å²) in [5.41, 5.74) is 10.6. The highest BCUT2D eigenvalue weighted by Crippen LogP contribution is 2.48. The molecule has 2 aliphatic heterocycles. The lowest BCUT2D eigenvalue weighted by molar-refractivity contribution is -0.00310. The van der Waals surface area contributed by atoms with Crippen molar-refractivity contribution in [3.63, 3.8) is 0 Å². The quantitative estimate of drug-likeness (QED) is 0.0357. The van der Waals surface area contributed by atoms with Crippen molar-refractivity contribution in [1.29, 1.82) is 0 Å². The van der Waals surface area contributed by atoms with Gasteiger partial charge in [0.15, 0.2) is 16.6 Å². The van der Waals surface area contributed by atoms with Crippen LogP contribution in [0.3, 0.4) is 0 Å². The third-order valence-corrected chi connectivity index (χ3v) is 34.0. The smallest absolute Gasteiger partial charge is 0.410 e. The standard InChI is InChI=1S/C38H52FN3O4Si.C30H43NO5Si.C28H31FN2O2.C8H11FN2.CH4.B/c1-26-22-28(24-40-34(26)39)25-41(8)35(43)30-18-16-27(17-19-30)23-31-20-21-32(42(31)36(44)45-37(2,3)4)33(29-14-12-11-13-15-29)46-47(9,10)38(5,6)7;1-29(2,3)35-28(34)31-24(20-21-14-16-23(17-15-21)27(32)33)18-19-25(31)26(22-12-10-9-11-13-22)36-37(7,8)30(4,5)6;1-19-14-22(17-30-27(19)29)18-31(2)28(33)24-11-8-20(9-12-24)15-21-10-13-25(16-21)26(32)23-6-4-3-5-7-23;1-6-3-7(4-10-2)5-11-8(6)9;;/h11-19,22,24,31-33H,20-21,23,25H2,1-10H3;9-17,24-26H,18-20H2,1-8H3,(H,32,33);3-9,11-12,14,17,21,25-26,32H,10,13,15-16,18H2,1-2H3;3,5,10H,4H2,1-2H3;1H4;/t31-,32+,33+;24-,25+,26+;21-,25-,26+;;;/m000.../s1. The van der Waals surface area contributed by atoms with Crippen LogP contribution in [0.15, 0.2) is 201 Å². The van der Waals surface area contributed by atoms with E-state index in [9.17, 15) is 47.4 Å². The van der Waals surface area contributed by atoms with Crippen LogP contribution in [0.5, 0.6) is 0 Å². The van der Waals surface area contributed by atoms with Crippen LogP contribution in [-0.4, -0.2) is 156 Å². The van der Waals surface area contributed by atoms with E-state index in [1.54, 1.807) is 81.2 Å². The van der Waals surface area contributed by atoms with Crippen molar-refractivity contribution < 1.29 is 65.7 Å². The largest absolute Gasteiger partial charge is 0.478 e. The van der Waals surface area contributed by atoms with E-state index >= 15 is 0 Å². The van der Waals surface area contributed by atoms with Crippen LogP contribution in [0.2, 0.25) is 36.3 Å². The fourth-order valence-corrected chi connectivity index (χ4v) is 18.8. The van der Waals surface area contributed by atoms with E-state index in [2.05, 4.69) is 112 Å². The number of hydrogen-bond donors (Lipinski definition) is 3. The molecule has 3 radical (unpaired) electrons. The number of pyridine rings is 3. The number of halogens is 3. The Morgan fingerprint density at radius 2 is 0.800 bits per heavy atom. The monoisotopic (exact) mass is 1810 g/mol. The Labute approximate surface area is 776 Å². The lowest BCUT2D eigenvalue weighted by atomic mass is 9.91. The van der Waals surface area contributed by atoms with Crippen LogP contribution in [0.4, 0.5) is 22.8 Å². The Morgan fingerprint density at radius 1 is 0.469 bits per heavy atom. The summed E-state index contributed by atoms with van der Waals surface area (Å²) < 4.78 is 65.7. The first-order valence-electron chi connectivity index (χ1n) is 44.8. The molecule has 1 aliphatic carbocycles. The number of aromatic nitrogens is 3. The van der Waals surface area contributed by atoms with Crippen LogP contribution in [-0.2, 0) is 57.2 Å². The first-order valence-corrected chi connectivity index (χ1v) is 50.6. The number of aliphatic hydroxyl groups excluding tert-OH is 1. The summed E-state index contributed by atoms with van der Waals surface area (Å²) in [6, 6.07) is 57.4. The van der Waals surface area contributed by atoms with E-state index in [1.807, 2.05) is 186 Å². The van der Waals surface area contributed by atoms with E-state index in [0.29, 0.717) is 65.6 Å². The van der Waals surface area contributed by atoms with E-state index in [0.717, 1.165) is 102 Å². The molecule has 0 spiro atoms. The van der Waals surface area contributed by atoms with Crippen molar-refractivity contribution >= 4 is 55.0 Å². The van der Waals surface area contributed by atoms with E-state index < -0.39 is 51.8 Å². The Morgan fingerprint density at radius 3 is 1.13 bits per heavy atom. The highest BCUT2D eigenvalue weighted by Gasteiger charge is 2.50. The van der Waals surface area contributed by atoms with Crippen molar-refractivity contribution in [2.24, 2.45) is 11.8 Å². The summed E-state index contributed by atoms with van der Waals surface area (Å²) >= 11 is 0. The second-order valence-corrected chi connectivity index (χ2v) is 49.3. The number of carbonyl (C=O) groups is 5. The molecule has 0 unspecified atom stereocenters. The van der Waals surface area contributed by atoms with Gasteiger partial charge < -0.3 is 43.7 Å². The van der Waals surface area contributed by atoms with Gasteiger partial charge in [0, 0.05) is 101 Å². The van der Waals surface area contributed by atoms with Crippen LogP contribution >= 0.6 is 0 Å². The predicted molar refractivity (Wildman–Crippen MR) is 518 cm³/mol. The molecule has 19 nitrogen and oxygen atoms in total. The van der Waals surface area contributed by atoms with Gasteiger partial charge in [-0.15, -0.1) is 0 Å². The number of ether oxygens (including phenoxy) is 2. The minimum absolute atomic E-state index is 0. The zero-order valence-electron chi connectivity index (χ0n) is 79.9. The maximum absolute atomic E-state index is 14.0. The molecule has 12 rings (SSSR count). The number of aliphatic hydroxyl groups is 1. The predicted octanol–water partition coefficient (Wildman–Crippen LogP) is 23.3. The average molecular weight is 1820 g/mol. The number of aromatic carboxylic acids is 1. The highest BCUT2D eigenvalue weighted by molar-refractivity contribution is 6.74. The number of rotatable bonds is 25. The number of nitrogens with one attached hydrogen (secondary N) is 1. The first kappa shape index (κ1) is 107. The molecule has 699 valence electrons. The molecule has 25 heteroatoms. The molecule has 3 N–H and O–H groups in total. The molecular formula is C105H141BF3N8O11Si2. The molecule has 3 fully saturated rings. The molecule has 3 aromatic heterocycles. The molecule has 9 atom stereocenters. The van der Waals surface area contributed by atoms with Gasteiger partial charge in [-0.3, -0.25) is 19.4 Å². The van der Waals surface area contributed by atoms with Crippen molar-refractivity contribution in [1.82, 2.24) is 39.9 Å². The van der Waals surface area contributed by atoms with E-state index in [4.69, 9.17) is 18.3 Å². The van der Waals surface area contributed by atoms with Gasteiger partial charge in [-0.05, 0) is 286 Å². The number of amides is 4. The number of benzene rings is 6. The number of nitrogens with zero attached hydrogens (tertiary/aromatic N) is 7. The Balaban J connectivity index is 0.000000253. The van der Waals surface area contributed by atoms with Crippen LogP contribution in [0.1, 0.15) is 252 Å². The lowest BCUT2D eigenvalue weighted by Gasteiger charge is -2.43. The second kappa shape index (κ2) is 46.8. The van der Waals surface area contributed by atoms with Gasteiger partial charge in [-0.2, -0.15) is 13.2 Å². The molecule has 3 aliphatic rings. The van der Waals surface area contributed by atoms with E-state index in [1.165, 1.54) is 18.0 Å². The third-order valence-electron chi connectivity index (χ3n) is 25.1. The number of carboxylic acids is 1. The number of hydrogen-bond acceptors (Lipinski definition) is 14. The van der Waals surface area contributed by atoms with Gasteiger partial charge in [0.05, 0.1) is 36.0 Å². The normalized spacial score (nSPS) is 17.6. The van der Waals surface area contributed by atoms with Gasteiger partial charge >= 0.3 is 18.2 Å². The van der Waals surface area contributed by atoms with Crippen molar-refractivity contribution in [2.45, 2.75) is 285 Å². The molecule has 1 saturated carbocycles. The fraction of sp³-hybridized carbons (Fsp3) is 0.467. The van der Waals surface area contributed by atoms with Crippen LogP contribution in [0.25, 0.3) is 0 Å².